The monoisotopic (exact) mass is 439 g/mol. The van der Waals surface area contributed by atoms with E-state index < -0.39 is 0 Å². The van der Waals surface area contributed by atoms with Crippen molar-refractivity contribution in [3.8, 4) is 0 Å². The molecule has 0 bridgehead atoms. The van der Waals surface area contributed by atoms with Gasteiger partial charge in [-0.05, 0) is 55.5 Å². The Morgan fingerprint density at radius 1 is 1.07 bits per heavy atom. The predicted octanol–water partition coefficient (Wildman–Crippen LogP) is 5.51. The second-order valence-corrected chi connectivity index (χ2v) is 10.3. The van der Waals surface area contributed by atoms with Crippen LogP contribution in [0.25, 0.3) is 0 Å². The van der Waals surface area contributed by atoms with E-state index in [1.54, 1.807) is 22.7 Å². The van der Waals surface area contributed by atoms with Crippen molar-refractivity contribution in [1.82, 2.24) is 5.32 Å². The molecule has 6 heteroatoms. The van der Waals surface area contributed by atoms with Crippen molar-refractivity contribution >= 4 is 34.4 Å². The van der Waals surface area contributed by atoms with Crippen molar-refractivity contribution in [3.05, 3.63) is 67.8 Å². The third kappa shape index (κ3) is 3.56. The number of rotatable bonds is 4. The van der Waals surface area contributed by atoms with Gasteiger partial charge in [-0.2, -0.15) is 0 Å². The summed E-state index contributed by atoms with van der Waals surface area (Å²) in [5, 5.41) is 7.48. The van der Waals surface area contributed by atoms with Crippen LogP contribution in [0.3, 0.4) is 0 Å². The number of Topliss-reactive ketones (excluding diaryl/α,β-unsaturated/α-hetero) is 1. The fourth-order valence-electron chi connectivity index (χ4n) is 5.03. The molecule has 0 aromatic carbocycles. The standard InChI is InChI=1S/C24H25NO3S2/c1-14-21(24(27)28-16-6-2-3-7-16)23(20-9-5-11-30-20)22-17(25-14)12-15(13-18(22)26)19-8-4-10-29-19/h4-5,8-12,15-16,22-23,25H,2-3,6-7,13H2,1H3. The maximum atomic E-state index is 13.4. The quantitative estimate of drug-likeness (QED) is 0.638. The molecule has 3 heterocycles. The van der Waals surface area contributed by atoms with E-state index in [2.05, 4.69) is 22.8 Å². The molecule has 1 saturated carbocycles. The van der Waals surface area contributed by atoms with Gasteiger partial charge in [-0.25, -0.2) is 4.79 Å². The molecule has 1 aliphatic heterocycles. The van der Waals surface area contributed by atoms with Crippen LogP contribution in [0.1, 0.15) is 60.6 Å². The summed E-state index contributed by atoms with van der Waals surface area (Å²) in [4.78, 5) is 28.9. The van der Waals surface area contributed by atoms with Crippen molar-refractivity contribution < 1.29 is 14.3 Å². The molecule has 0 radical (unpaired) electrons. The SMILES string of the molecule is CC1=C(C(=O)OC2CCCC2)C(c2cccs2)C2C(=O)CC(c3cccs3)C=C2N1. The smallest absolute Gasteiger partial charge is 0.336 e. The highest BCUT2D eigenvalue weighted by molar-refractivity contribution is 7.10. The summed E-state index contributed by atoms with van der Waals surface area (Å²) >= 11 is 3.29. The molecular weight excluding hydrogens is 414 g/mol. The van der Waals surface area contributed by atoms with E-state index in [9.17, 15) is 9.59 Å². The van der Waals surface area contributed by atoms with E-state index in [0.29, 0.717) is 12.0 Å². The van der Waals surface area contributed by atoms with Gasteiger partial charge in [0.15, 0.2) is 0 Å². The van der Waals surface area contributed by atoms with E-state index in [-0.39, 0.29) is 35.6 Å². The van der Waals surface area contributed by atoms with E-state index in [1.165, 1.54) is 4.88 Å². The van der Waals surface area contributed by atoms with Gasteiger partial charge in [-0.15, -0.1) is 22.7 Å². The van der Waals surface area contributed by atoms with E-state index >= 15 is 0 Å². The lowest BCUT2D eigenvalue weighted by Gasteiger charge is -2.39. The zero-order valence-corrected chi connectivity index (χ0v) is 18.6. The fourth-order valence-corrected chi connectivity index (χ4v) is 6.70. The third-order valence-electron chi connectivity index (χ3n) is 6.42. The molecule has 0 spiro atoms. The van der Waals surface area contributed by atoms with Gasteiger partial charge in [0.25, 0.3) is 0 Å². The summed E-state index contributed by atoms with van der Waals surface area (Å²) in [5.41, 5.74) is 2.35. The molecule has 2 aromatic rings. The summed E-state index contributed by atoms with van der Waals surface area (Å²) in [6.45, 7) is 1.93. The highest BCUT2D eigenvalue weighted by Crippen LogP contribution is 2.47. The third-order valence-corrected chi connectivity index (χ3v) is 8.38. The molecule has 3 aliphatic rings. The number of nitrogens with one attached hydrogen (secondary N) is 1. The number of esters is 1. The van der Waals surface area contributed by atoms with E-state index in [1.807, 2.05) is 30.5 Å². The minimum absolute atomic E-state index is 0.00370. The largest absolute Gasteiger partial charge is 0.459 e. The number of hydrogen-bond donors (Lipinski definition) is 1. The molecular formula is C24H25NO3S2. The number of carbonyl (C=O) groups excluding carboxylic acids is 2. The molecule has 2 aromatic heterocycles. The lowest BCUT2D eigenvalue weighted by atomic mass is 9.71. The Kier molecular flexibility index (Phi) is 5.37. The Labute approximate surface area is 184 Å². The summed E-state index contributed by atoms with van der Waals surface area (Å²) in [6.07, 6.45) is 6.77. The van der Waals surface area contributed by atoms with Crippen LogP contribution in [0.4, 0.5) is 0 Å². The van der Waals surface area contributed by atoms with Gasteiger partial charge >= 0.3 is 5.97 Å². The van der Waals surface area contributed by atoms with Crippen molar-refractivity contribution in [1.29, 1.82) is 0 Å². The number of allylic oxidation sites excluding steroid dienone is 3. The minimum Gasteiger partial charge on any atom is -0.459 e. The molecule has 0 saturated heterocycles. The van der Waals surface area contributed by atoms with E-state index in [4.69, 9.17) is 4.74 Å². The Balaban J connectivity index is 1.54. The maximum Gasteiger partial charge on any atom is 0.336 e. The summed E-state index contributed by atoms with van der Waals surface area (Å²) in [5.74, 6) is -0.606. The number of fused-ring (bicyclic) bond motifs is 1. The van der Waals surface area contributed by atoms with Crippen LogP contribution in [0.15, 0.2) is 58.1 Å². The molecule has 3 atom stereocenters. The van der Waals surface area contributed by atoms with Gasteiger partial charge in [0.1, 0.15) is 11.9 Å². The highest BCUT2D eigenvalue weighted by Gasteiger charge is 2.45. The number of thiophene rings is 2. The zero-order chi connectivity index (χ0) is 20.7. The number of ketones is 1. The number of hydrogen-bond acceptors (Lipinski definition) is 6. The van der Waals surface area contributed by atoms with Crippen LogP contribution in [0, 0.1) is 5.92 Å². The van der Waals surface area contributed by atoms with Crippen molar-refractivity contribution in [3.63, 3.8) is 0 Å². The number of carbonyl (C=O) groups is 2. The van der Waals surface area contributed by atoms with Crippen LogP contribution in [0.2, 0.25) is 0 Å². The van der Waals surface area contributed by atoms with Crippen molar-refractivity contribution in [2.45, 2.75) is 57.0 Å². The fraction of sp³-hybridized carbons (Fsp3) is 0.417. The second-order valence-electron chi connectivity index (χ2n) is 8.36. The number of ether oxygens (including phenoxy) is 1. The Morgan fingerprint density at radius 3 is 2.43 bits per heavy atom. The minimum atomic E-state index is -0.352. The molecule has 3 unspecified atom stereocenters. The summed E-state index contributed by atoms with van der Waals surface area (Å²) < 4.78 is 5.88. The Morgan fingerprint density at radius 2 is 1.77 bits per heavy atom. The summed E-state index contributed by atoms with van der Waals surface area (Å²) in [7, 11) is 0. The zero-order valence-electron chi connectivity index (χ0n) is 16.9. The summed E-state index contributed by atoms with van der Waals surface area (Å²) in [6, 6.07) is 8.14. The lowest BCUT2D eigenvalue weighted by Crippen LogP contribution is -2.42. The van der Waals surface area contributed by atoms with Gasteiger partial charge < -0.3 is 10.1 Å². The van der Waals surface area contributed by atoms with Crippen LogP contribution in [-0.2, 0) is 14.3 Å². The predicted molar refractivity (Wildman–Crippen MR) is 120 cm³/mol. The normalized spacial score (nSPS) is 26.9. The van der Waals surface area contributed by atoms with Gasteiger partial charge in [-0.3, -0.25) is 4.79 Å². The average Bonchev–Trinajstić information content (AvgIpc) is 3.49. The van der Waals surface area contributed by atoms with Crippen LogP contribution < -0.4 is 5.32 Å². The second kappa shape index (κ2) is 8.16. The highest BCUT2D eigenvalue weighted by atomic mass is 32.1. The van der Waals surface area contributed by atoms with Gasteiger partial charge in [-0.1, -0.05) is 18.2 Å². The topological polar surface area (TPSA) is 55.4 Å². The Hall–Kier alpha value is -2.18. The molecule has 5 rings (SSSR count). The molecule has 0 amide bonds. The van der Waals surface area contributed by atoms with Gasteiger partial charge in [0.05, 0.1) is 11.5 Å². The molecule has 1 N–H and O–H groups in total. The van der Waals surface area contributed by atoms with Crippen LogP contribution in [-0.4, -0.2) is 17.9 Å². The first-order valence-corrected chi connectivity index (χ1v) is 12.4. The lowest BCUT2D eigenvalue weighted by molar-refractivity contribution is -0.144. The Bertz CT molecular complexity index is 997. The maximum absolute atomic E-state index is 13.4. The molecule has 4 nitrogen and oxygen atoms in total. The van der Waals surface area contributed by atoms with Crippen molar-refractivity contribution in [2.24, 2.45) is 5.92 Å². The first-order valence-electron chi connectivity index (χ1n) is 10.6. The van der Waals surface area contributed by atoms with Crippen LogP contribution >= 0.6 is 22.7 Å². The first-order chi connectivity index (χ1) is 14.6. The molecule has 156 valence electrons. The molecule has 1 fully saturated rings. The first kappa shape index (κ1) is 19.8. The molecule has 30 heavy (non-hydrogen) atoms. The average molecular weight is 440 g/mol. The van der Waals surface area contributed by atoms with Crippen molar-refractivity contribution in [2.75, 3.05) is 0 Å². The van der Waals surface area contributed by atoms with Gasteiger partial charge in [0.2, 0.25) is 0 Å². The van der Waals surface area contributed by atoms with E-state index in [0.717, 1.165) is 42.0 Å². The van der Waals surface area contributed by atoms with Gasteiger partial charge in [0, 0.05) is 39.4 Å². The van der Waals surface area contributed by atoms with Crippen LogP contribution in [0.5, 0.6) is 0 Å². The molecule has 2 aliphatic carbocycles.